The second kappa shape index (κ2) is 8.64. The lowest BCUT2D eigenvalue weighted by Gasteiger charge is -2.39. The largest absolute Gasteiger partial charge is 0.508 e. The minimum atomic E-state index is -1.75. The Balaban J connectivity index is 1.79. The second-order valence-electron chi connectivity index (χ2n) is 6.39. The van der Waals surface area contributed by atoms with Crippen molar-refractivity contribution in [1.82, 2.24) is 0 Å². The van der Waals surface area contributed by atoms with E-state index in [1.54, 1.807) is 18.2 Å². The van der Waals surface area contributed by atoms with Crippen LogP contribution in [0.2, 0.25) is 0 Å². The van der Waals surface area contributed by atoms with Crippen LogP contribution in [0.4, 0.5) is 0 Å². The normalized spacial score (nSPS) is 27.2. The van der Waals surface area contributed by atoms with Gasteiger partial charge in [0.1, 0.15) is 35.9 Å². The van der Waals surface area contributed by atoms with Gasteiger partial charge in [0.25, 0.3) is 0 Å². The summed E-state index contributed by atoms with van der Waals surface area (Å²) in [6.07, 6.45) is -4.93. The number of hydrogen-bond acceptors (Lipinski definition) is 10. The monoisotopic (exact) mass is 408 g/mol. The molecule has 1 aromatic carbocycles. The number of aliphatic hydroxyl groups excluding tert-OH is 4. The lowest BCUT2D eigenvalue weighted by molar-refractivity contribution is -0.278. The molecule has 2 aromatic rings. The molecule has 5 atom stereocenters. The average molecular weight is 408 g/mol. The molecule has 2 heterocycles. The van der Waals surface area contributed by atoms with E-state index >= 15 is 0 Å². The molecule has 1 fully saturated rings. The van der Waals surface area contributed by atoms with Gasteiger partial charge in [-0.25, -0.2) is 4.79 Å². The number of benzene rings is 1. The molecule has 0 spiro atoms. The van der Waals surface area contributed by atoms with Gasteiger partial charge < -0.3 is 44.5 Å². The van der Waals surface area contributed by atoms with Gasteiger partial charge in [-0.2, -0.15) is 0 Å². The predicted molar refractivity (Wildman–Crippen MR) is 98.1 cm³/mol. The van der Waals surface area contributed by atoms with Crippen molar-refractivity contribution >= 4 is 12.2 Å². The summed E-state index contributed by atoms with van der Waals surface area (Å²) >= 11 is 0. The maximum atomic E-state index is 12.2. The van der Waals surface area contributed by atoms with Crippen molar-refractivity contribution < 1.29 is 44.5 Å². The average Bonchev–Trinajstić information content (AvgIpc) is 2.70. The summed E-state index contributed by atoms with van der Waals surface area (Å²) in [7, 11) is 0. The van der Waals surface area contributed by atoms with Gasteiger partial charge >= 0.3 is 5.63 Å². The predicted octanol–water partition coefficient (Wildman–Crippen LogP) is -0.600. The lowest BCUT2D eigenvalue weighted by Crippen LogP contribution is -2.60. The van der Waals surface area contributed by atoms with Crippen molar-refractivity contribution in [3.05, 3.63) is 52.1 Å². The topological polar surface area (TPSA) is 170 Å². The van der Waals surface area contributed by atoms with E-state index in [1.807, 2.05) is 0 Å². The minimum absolute atomic E-state index is 0.00160. The lowest BCUT2D eigenvalue weighted by atomic mass is 9.99. The first-order chi connectivity index (χ1) is 13.8. The maximum absolute atomic E-state index is 12.2. The molecule has 1 aliphatic rings. The molecule has 1 aliphatic heterocycles. The van der Waals surface area contributed by atoms with Crippen molar-refractivity contribution in [2.45, 2.75) is 30.7 Å². The van der Waals surface area contributed by atoms with E-state index in [-0.39, 0.29) is 11.5 Å². The van der Waals surface area contributed by atoms with E-state index in [1.165, 1.54) is 18.2 Å². The zero-order chi connectivity index (χ0) is 21.1. The first-order valence-electron chi connectivity index (χ1n) is 8.61. The van der Waals surface area contributed by atoms with Gasteiger partial charge in [0.2, 0.25) is 12.0 Å². The first kappa shape index (κ1) is 20.8. The Morgan fingerprint density at radius 2 is 1.69 bits per heavy atom. The first-order valence-corrected chi connectivity index (χ1v) is 8.61. The molecule has 1 aromatic heterocycles. The van der Waals surface area contributed by atoms with Crippen LogP contribution in [0.5, 0.6) is 17.2 Å². The molecule has 29 heavy (non-hydrogen) atoms. The van der Waals surface area contributed by atoms with Gasteiger partial charge in [0.15, 0.2) is 5.75 Å². The molecule has 0 unspecified atom stereocenters. The fourth-order valence-corrected chi connectivity index (χ4v) is 2.72. The van der Waals surface area contributed by atoms with Gasteiger partial charge in [-0.15, -0.1) is 0 Å². The Kier molecular flexibility index (Phi) is 6.20. The highest BCUT2D eigenvalue weighted by Crippen LogP contribution is 2.28. The van der Waals surface area contributed by atoms with Crippen molar-refractivity contribution in [3.8, 4) is 17.2 Å². The van der Waals surface area contributed by atoms with Crippen LogP contribution >= 0.6 is 0 Å². The molecule has 10 nitrogen and oxygen atoms in total. The SMILES string of the molecule is O=c1oc(C=Cc2ccc(O)cc2)cc(O)c1O[C@@H]1O[C@H](CO)[C@@H](O)[C@H](O)[C@H]1O. The zero-order valence-electron chi connectivity index (χ0n) is 15.0. The number of hydrogen-bond donors (Lipinski definition) is 6. The van der Waals surface area contributed by atoms with Crippen molar-refractivity contribution in [3.63, 3.8) is 0 Å². The van der Waals surface area contributed by atoms with Crippen LogP contribution in [0.25, 0.3) is 12.2 Å². The molecular weight excluding hydrogens is 388 g/mol. The number of phenols is 1. The van der Waals surface area contributed by atoms with E-state index in [0.29, 0.717) is 5.56 Å². The highest BCUT2D eigenvalue weighted by Gasteiger charge is 2.45. The smallest absolute Gasteiger partial charge is 0.383 e. The summed E-state index contributed by atoms with van der Waals surface area (Å²) in [5, 5.41) is 58.0. The summed E-state index contributed by atoms with van der Waals surface area (Å²) in [5.41, 5.74) is -0.376. The summed E-state index contributed by atoms with van der Waals surface area (Å²) < 4.78 is 15.3. The van der Waals surface area contributed by atoms with Crippen LogP contribution in [0.15, 0.2) is 39.5 Å². The quantitative estimate of drug-likeness (QED) is 0.375. The fourth-order valence-electron chi connectivity index (χ4n) is 2.72. The Hall–Kier alpha value is -2.89. The van der Waals surface area contributed by atoms with Gasteiger partial charge in [-0.3, -0.25) is 0 Å². The van der Waals surface area contributed by atoms with Crippen LogP contribution in [0.1, 0.15) is 11.3 Å². The van der Waals surface area contributed by atoms with Gasteiger partial charge in [-0.05, 0) is 23.8 Å². The third kappa shape index (κ3) is 4.58. The number of phenolic OH excluding ortho intramolecular Hbond substituents is 1. The molecule has 3 rings (SSSR count). The molecular formula is C19H20O10. The van der Waals surface area contributed by atoms with Gasteiger partial charge in [0, 0.05) is 6.07 Å². The minimum Gasteiger partial charge on any atom is -0.508 e. The molecule has 1 saturated heterocycles. The summed E-state index contributed by atoms with van der Waals surface area (Å²) in [6.45, 7) is -0.674. The Bertz CT molecular complexity index is 918. The molecule has 0 amide bonds. The van der Waals surface area contributed by atoms with Gasteiger partial charge in [0.05, 0.1) is 6.61 Å². The van der Waals surface area contributed by atoms with E-state index in [2.05, 4.69) is 0 Å². The van der Waals surface area contributed by atoms with E-state index < -0.39 is 54.4 Å². The van der Waals surface area contributed by atoms with E-state index in [0.717, 1.165) is 6.07 Å². The van der Waals surface area contributed by atoms with Crippen LogP contribution in [-0.4, -0.2) is 68.0 Å². The third-order valence-electron chi connectivity index (χ3n) is 4.32. The standard InChI is InChI=1S/C19H20O10/c20-8-13-14(23)15(24)16(25)19(28-13)29-17-12(22)7-11(27-18(17)26)6-3-9-1-4-10(21)5-2-9/h1-7,13-16,19-25H,8H2/t13-,14-,15+,16-,19+/m1/s1. The van der Waals surface area contributed by atoms with Crippen molar-refractivity contribution in [1.29, 1.82) is 0 Å². The number of aromatic hydroxyl groups is 2. The highest BCUT2D eigenvalue weighted by atomic mass is 16.7. The molecule has 156 valence electrons. The van der Waals surface area contributed by atoms with Crippen LogP contribution in [0.3, 0.4) is 0 Å². The molecule has 0 radical (unpaired) electrons. The summed E-state index contributed by atoms with van der Waals surface area (Å²) in [6, 6.07) is 7.30. The summed E-state index contributed by atoms with van der Waals surface area (Å²) in [5.74, 6) is -1.18. The van der Waals surface area contributed by atoms with Gasteiger partial charge in [-0.1, -0.05) is 18.2 Å². The number of rotatable bonds is 5. The maximum Gasteiger partial charge on any atom is 0.383 e. The van der Waals surface area contributed by atoms with Crippen LogP contribution in [-0.2, 0) is 4.74 Å². The van der Waals surface area contributed by atoms with Crippen LogP contribution in [0, 0.1) is 0 Å². The molecule has 0 saturated carbocycles. The Morgan fingerprint density at radius 3 is 2.31 bits per heavy atom. The van der Waals surface area contributed by atoms with Crippen LogP contribution < -0.4 is 10.4 Å². The molecule has 10 heteroatoms. The van der Waals surface area contributed by atoms with Crippen molar-refractivity contribution in [2.24, 2.45) is 0 Å². The van der Waals surface area contributed by atoms with E-state index in [4.69, 9.17) is 13.9 Å². The highest BCUT2D eigenvalue weighted by molar-refractivity contribution is 5.68. The third-order valence-corrected chi connectivity index (χ3v) is 4.32. The number of aliphatic hydroxyl groups is 4. The van der Waals surface area contributed by atoms with Crippen molar-refractivity contribution in [2.75, 3.05) is 6.61 Å². The fraction of sp³-hybridized carbons (Fsp3) is 0.316. The second-order valence-corrected chi connectivity index (χ2v) is 6.39. The Labute approximate surface area is 164 Å². The molecule has 0 bridgehead atoms. The van der Waals surface area contributed by atoms with E-state index in [9.17, 15) is 35.4 Å². The zero-order valence-corrected chi connectivity index (χ0v) is 15.0. The summed E-state index contributed by atoms with van der Waals surface area (Å²) in [4.78, 5) is 12.2. The molecule has 0 aliphatic carbocycles. The number of ether oxygens (including phenoxy) is 2. The Morgan fingerprint density at radius 1 is 1.00 bits per heavy atom. The molecule has 6 N–H and O–H groups in total.